The Balaban J connectivity index is 1.41. The first-order valence-corrected chi connectivity index (χ1v) is 11.7. The lowest BCUT2D eigenvalue weighted by Gasteiger charge is -2.20. The first-order chi connectivity index (χ1) is 15.9. The molecule has 8 heteroatoms. The van der Waals surface area contributed by atoms with Crippen molar-refractivity contribution >= 4 is 28.6 Å². The number of carbonyl (C=O) groups is 2. The van der Waals surface area contributed by atoms with Crippen LogP contribution in [0, 0.1) is 12.7 Å². The largest absolute Gasteiger partial charge is 0.390 e. The fourth-order valence-corrected chi connectivity index (χ4v) is 5.37. The Morgan fingerprint density at radius 1 is 1.24 bits per heavy atom. The Kier molecular flexibility index (Phi) is 5.80. The lowest BCUT2D eigenvalue weighted by atomic mass is 9.86. The van der Waals surface area contributed by atoms with Gasteiger partial charge in [-0.15, -0.1) is 0 Å². The van der Waals surface area contributed by atoms with Crippen LogP contribution in [0.3, 0.4) is 0 Å². The van der Waals surface area contributed by atoms with Crippen molar-refractivity contribution in [2.75, 3.05) is 31.5 Å². The fourth-order valence-electron chi connectivity index (χ4n) is 5.37. The van der Waals surface area contributed by atoms with Gasteiger partial charge in [-0.2, -0.15) is 0 Å². The van der Waals surface area contributed by atoms with Gasteiger partial charge in [0.2, 0.25) is 0 Å². The van der Waals surface area contributed by atoms with E-state index in [-0.39, 0.29) is 18.4 Å². The molecule has 1 aliphatic carbocycles. The van der Waals surface area contributed by atoms with Crippen molar-refractivity contribution in [3.63, 3.8) is 0 Å². The van der Waals surface area contributed by atoms with Crippen molar-refractivity contribution in [1.29, 1.82) is 0 Å². The summed E-state index contributed by atoms with van der Waals surface area (Å²) in [5, 5.41) is 16.1. The molecule has 1 fully saturated rings. The zero-order chi connectivity index (χ0) is 23.1. The van der Waals surface area contributed by atoms with Crippen molar-refractivity contribution in [2.45, 2.75) is 45.1 Å². The maximum absolute atomic E-state index is 13.9. The number of hydrogen-bond acceptors (Lipinski definition) is 4. The van der Waals surface area contributed by atoms with E-state index in [0.29, 0.717) is 41.8 Å². The van der Waals surface area contributed by atoms with Crippen LogP contribution in [-0.2, 0) is 11.2 Å². The number of carbonyl (C=O) groups excluding carboxylic acids is 2. The second-order valence-corrected chi connectivity index (χ2v) is 9.20. The number of aryl methyl sites for hydroxylation is 1. The number of benzene rings is 1. The van der Waals surface area contributed by atoms with Gasteiger partial charge in [0.15, 0.2) is 0 Å². The molecule has 0 spiro atoms. The van der Waals surface area contributed by atoms with Gasteiger partial charge in [-0.05, 0) is 81.5 Å². The lowest BCUT2D eigenvalue weighted by Crippen LogP contribution is -2.39. The van der Waals surface area contributed by atoms with E-state index in [1.54, 1.807) is 6.07 Å². The predicted octanol–water partition coefficient (Wildman–Crippen LogP) is 2.85. The highest BCUT2D eigenvalue weighted by molar-refractivity contribution is 6.36. The van der Waals surface area contributed by atoms with E-state index in [9.17, 15) is 19.1 Å². The number of amides is 2. The molecule has 1 aromatic carbocycles. The van der Waals surface area contributed by atoms with E-state index in [2.05, 4.69) is 20.5 Å². The van der Waals surface area contributed by atoms with Crippen LogP contribution in [0.4, 0.5) is 10.1 Å². The van der Waals surface area contributed by atoms with Crippen LogP contribution in [-0.4, -0.2) is 59.1 Å². The summed E-state index contributed by atoms with van der Waals surface area (Å²) in [5.41, 5.74) is 5.41. The lowest BCUT2D eigenvalue weighted by molar-refractivity contribution is -0.110. The first kappa shape index (κ1) is 21.9. The number of H-pyrrole nitrogens is 1. The zero-order valence-corrected chi connectivity index (χ0v) is 18.8. The third kappa shape index (κ3) is 4.09. The van der Waals surface area contributed by atoms with Gasteiger partial charge in [-0.25, -0.2) is 4.39 Å². The van der Waals surface area contributed by atoms with E-state index in [1.807, 2.05) is 6.92 Å². The number of allylic oxidation sites excluding steroid dienone is 1. The first-order valence-electron chi connectivity index (χ1n) is 11.7. The molecule has 2 aromatic rings. The minimum atomic E-state index is -0.617. The summed E-state index contributed by atoms with van der Waals surface area (Å²) in [6, 6.07) is 4.29. The average molecular weight is 453 g/mol. The number of β-amino-alcohol motifs (C(OH)–C–C–N with tert-alkyl or cyclic N) is 1. The molecule has 3 heterocycles. The standard InChI is InChI=1S/C25H29FN4O3/c1-14-21(24(32)27-12-16(31)13-30-9-2-3-10-30)17-5-4-6-18(23(17)28-14)22-19-11-15(26)7-8-20(19)29-25(22)33/h7-8,11,16,28,31H,2-6,9-10,12-13H2,1H3,(H,27,32)(H,29,33). The summed E-state index contributed by atoms with van der Waals surface area (Å²) in [4.78, 5) is 31.4. The maximum Gasteiger partial charge on any atom is 0.256 e. The molecular weight excluding hydrogens is 423 g/mol. The molecule has 5 rings (SSSR count). The van der Waals surface area contributed by atoms with Crippen molar-refractivity contribution in [1.82, 2.24) is 15.2 Å². The normalized spacial score (nSPS) is 21.0. The van der Waals surface area contributed by atoms with Gasteiger partial charge in [0.1, 0.15) is 5.82 Å². The number of anilines is 1. The van der Waals surface area contributed by atoms with Crippen molar-refractivity contribution in [3.05, 3.63) is 52.1 Å². The van der Waals surface area contributed by atoms with Crippen LogP contribution in [0.1, 0.15) is 58.6 Å². The van der Waals surface area contributed by atoms with E-state index < -0.39 is 11.9 Å². The Morgan fingerprint density at radius 3 is 2.82 bits per heavy atom. The van der Waals surface area contributed by atoms with E-state index >= 15 is 0 Å². The number of hydrogen-bond donors (Lipinski definition) is 4. The van der Waals surface area contributed by atoms with Crippen molar-refractivity contribution < 1.29 is 19.1 Å². The van der Waals surface area contributed by atoms with Gasteiger partial charge >= 0.3 is 0 Å². The average Bonchev–Trinajstić information content (AvgIpc) is 3.48. The highest BCUT2D eigenvalue weighted by Crippen LogP contribution is 2.43. The number of aromatic amines is 1. The number of likely N-dealkylation sites (tertiary alicyclic amines) is 1. The number of rotatable bonds is 5. The van der Waals surface area contributed by atoms with Crippen LogP contribution >= 0.6 is 0 Å². The molecule has 4 N–H and O–H groups in total. The monoisotopic (exact) mass is 452 g/mol. The molecule has 0 radical (unpaired) electrons. The smallest absolute Gasteiger partial charge is 0.256 e. The second kappa shape index (κ2) is 8.76. The minimum absolute atomic E-state index is 0.192. The Bertz CT molecular complexity index is 1150. The summed E-state index contributed by atoms with van der Waals surface area (Å²) < 4.78 is 13.9. The SMILES string of the molecule is Cc1[nH]c2c(c1C(=O)NCC(O)CN1CCCC1)CCCC2=C1C(=O)Nc2ccc(F)cc21. The highest BCUT2D eigenvalue weighted by Gasteiger charge is 2.33. The van der Waals surface area contributed by atoms with E-state index in [0.717, 1.165) is 54.9 Å². The molecule has 1 saturated heterocycles. The number of aliphatic hydroxyl groups is 1. The molecule has 1 aromatic heterocycles. The third-order valence-electron chi connectivity index (χ3n) is 6.87. The van der Waals surface area contributed by atoms with E-state index in [1.165, 1.54) is 12.1 Å². The van der Waals surface area contributed by atoms with Crippen LogP contribution in [0.2, 0.25) is 0 Å². The topological polar surface area (TPSA) is 97.5 Å². The molecule has 174 valence electrons. The van der Waals surface area contributed by atoms with Gasteiger partial charge < -0.3 is 25.6 Å². The summed E-state index contributed by atoms with van der Waals surface area (Å²) in [7, 11) is 0. The number of halogens is 1. The zero-order valence-electron chi connectivity index (χ0n) is 18.8. The quantitative estimate of drug-likeness (QED) is 0.525. The summed E-state index contributed by atoms with van der Waals surface area (Å²) in [5.74, 6) is -0.865. The fraction of sp³-hybridized carbons (Fsp3) is 0.440. The molecular formula is C25H29FN4O3. The number of aromatic nitrogens is 1. The van der Waals surface area contributed by atoms with Crippen LogP contribution in [0.5, 0.6) is 0 Å². The molecule has 0 saturated carbocycles. The molecule has 1 unspecified atom stereocenters. The summed E-state index contributed by atoms with van der Waals surface area (Å²) in [6.45, 7) is 4.59. The molecule has 1 atom stereocenters. The third-order valence-corrected chi connectivity index (χ3v) is 6.87. The summed E-state index contributed by atoms with van der Waals surface area (Å²) >= 11 is 0. The molecule has 0 bridgehead atoms. The molecule has 7 nitrogen and oxygen atoms in total. The van der Waals surface area contributed by atoms with Crippen LogP contribution < -0.4 is 10.6 Å². The number of nitrogens with zero attached hydrogens (tertiary/aromatic N) is 1. The van der Waals surface area contributed by atoms with Crippen LogP contribution in [0.25, 0.3) is 11.1 Å². The van der Waals surface area contributed by atoms with Gasteiger partial charge in [-0.3, -0.25) is 9.59 Å². The molecule has 2 aliphatic heterocycles. The van der Waals surface area contributed by atoms with Gasteiger partial charge in [-0.1, -0.05) is 0 Å². The predicted molar refractivity (Wildman–Crippen MR) is 124 cm³/mol. The Labute approximate surface area is 192 Å². The van der Waals surface area contributed by atoms with Gasteiger partial charge in [0.25, 0.3) is 11.8 Å². The molecule has 2 amide bonds. The summed E-state index contributed by atoms with van der Waals surface area (Å²) in [6.07, 6.45) is 3.86. The Morgan fingerprint density at radius 2 is 2.03 bits per heavy atom. The van der Waals surface area contributed by atoms with Crippen molar-refractivity contribution in [3.8, 4) is 0 Å². The molecule has 3 aliphatic rings. The van der Waals surface area contributed by atoms with Crippen molar-refractivity contribution in [2.24, 2.45) is 0 Å². The molecule has 33 heavy (non-hydrogen) atoms. The van der Waals surface area contributed by atoms with Gasteiger partial charge in [0.05, 0.1) is 17.2 Å². The minimum Gasteiger partial charge on any atom is -0.390 e. The van der Waals surface area contributed by atoms with Gasteiger partial charge in [0, 0.05) is 35.7 Å². The highest BCUT2D eigenvalue weighted by atomic mass is 19.1. The number of aliphatic hydroxyl groups excluding tert-OH is 1. The maximum atomic E-state index is 13.9. The van der Waals surface area contributed by atoms with E-state index in [4.69, 9.17) is 0 Å². The number of nitrogens with one attached hydrogen (secondary N) is 3. The Hall–Kier alpha value is -2.97. The second-order valence-electron chi connectivity index (χ2n) is 9.20. The number of fused-ring (bicyclic) bond motifs is 2. The van der Waals surface area contributed by atoms with Crippen LogP contribution in [0.15, 0.2) is 18.2 Å².